The standard InChI is InChI=1S/C37H20N2OS/c38-21-22-13-16-31(28(19-22)23-14-18-34-29(20-23)24-7-2-5-11-33(24)40-34)39-30-10-4-1-9-27(30)36-32(39)17-15-26-25-8-3-6-12-35(25)41-37(26)36/h1-20H. The van der Waals surface area contributed by atoms with E-state index in [9.17, 15) is 5.26 Å². The van der Waals surface area contributed by atoms with E-state index in [-0.39, 0.29) is 0 Å². The van der Waals surface area contributed by atoms with Gasteiger partial charge in [-0.05, 0) is 60.2 Å². The SMILES string of the molecule is N#Cc1ccc(-n2c3ccccc3c3c4sc5ccccc5c4ccc32)c(-c2ccc3oc4ccccc4c3c2)c1. The second kappa shape index (κ2) is 8.32. The molecule has 9 rings (SSSR count). The summed E-state index contributed by atoms with van der Waals surface area (Å²) >= 11 is 1.86. The number of furan rings is 1. The molecule has 0 N–H and O–H groups in total. The van der Waals surface area contributed by atoms with Crippen molar-refractivity contribution in [1.82, 2.24) is 4.57 Å². The minimum Gasteiger partial charge on any atom is -0.456 e. The van der Waals surface area contributed by atoms with Crippen LogP contribution in [0.5, 0.6) is 0 Å². The Morgan fingerprint density at radius 2 is 1.39 bits per heavy atom. The van der Waals surface area contributed by atoms with Gasteiger partial charge in [-0.3, -0.25) is 0 Å². The van der Waals surface area contributed by atoms with E-state index in [4.69, 9.17) is 4.42 Å². The van der Waals surface area contributed by atoms with Crippen molar-refractivity contribution >= 4 is 75.3 Å². The van der Waals surface area contributed by atoms with Gasteiger partial charge in [0.25, 0.3) is 0 Å². The van der Waals surface area contributed by atoms with Gasteiger partial charge in [0, 0.05) is 47.3 Å². The smallest absolute Gasteiger partial charge is 0.135 e. The third kappa shape index (κ3) is 3.12. The Labute approximate surface area is 238 Å². The number of aromatic nitrogens is 1. The van der Waals surface area contributed by atoms with E-state index in [0.29, 0.717) is 5.56 Å². The van der Waals surface area contributed by atoms with Crippen LogP contribution in [0.25, 0.3) is 80.7 Å². The molecule has 0 saturated heterocycles. The predicted molar refractivity (Wildman–Crippen MR) is 171 cm³/mol. The van der Waals surface area contributed by atoms with Crippen molar-refractivity contribution in [2.24, 2.45) is 0 Å². The fraction of sp³-hybridized carbons (Fsp3) is 0. The lowest BCUT2D eigenvalue weighted by Gasteiger charge is -2.15. The molecule has 6 aromatic carbocycles. The van der Waals surface area contributed by atoms with Gasteiger partial charge in [0.15, 0.2) is 0 Å². The maximum atomic E-state index is 9.87. The number of thiophene rings is 1. The Morgan fingerprint density at radius 1 is 0.610 bits per heavy atom. The molecule has 0 atom stereocenters. The monoisotopic (exact) mass is 540 g/mol. The second-order valence-electron chi connectivity index (χ2n) is 10.4. The molecule has 3 aromatic heterocycles. The highest BCUT2D eigenvalue weighted by molar-refractivity contribution is 7.26. The lowest BCUT2D eigenvalue weighted by molar-refractivity contribution is 0.669. The summed E-state index contributed by atoms with van der Waals surface area (Å²) in [6.45, 7) is 0. The number of hydrogen-bond donors (Lipinski definition) is 0. The number of benzene rings is 6. The van der Waals surface area contributed by atoms with Gasteiger partial charge in [0.05, 0.1) is 28.4 Å². The molecule has 0 aliphatic carbocycles. The van der Waals surface area contributed by atoms with Crippen LogP contribution in [0.4, 0.5) is 0 Å². The summed E-state index contributed by atoms with van der Waals surface area (Å²) < 4.78 is 11.1. The van der Waals surface area contributed by atoms with Gasteiger partial charge in [0.2, 0.25) is 0 Å². The zero-order valence-electron chi connectivity index (χ0n) is 21.8. The van der Waals surface area contributed by atoms with Crippen LogP contribution >= 0.6 is 11.3 Å². The molecule has 0 unspecified atom stereocenters. The van der Waals surface area contributed by atoms with Crippen LogP contribution in [0, 0.1) is 11.3 Å². The third-order valence-electron chi connectivity index (χ3n) is 8.23. The maximum absolute atomic E-state index is 9.87. The molecule has 0 spiro atoms. The van der Waals surface area contributed by atoms with Gasteiger partial charge < -0.3 is 8.98 Å². The molecule has 3 nitrogen and oxygen atoms in total. The van der Waals surface area contributed by atoms with Gasteiger partial charge in [-0.15, -0.1) is 11.3 Å². The Balaban J connectivity index is 1.39. The molecule has 0 aliphatic rings. The maximum Gasteiger partial charge on any atom is 0.135 e. The van der Waals surface area contributed by atoms with E-state index in [2.05, 4.69) is 95.6 Å². The Bertz CT molecular complexity index is 2560. The molecule has 0 saturated carbocycles. The lowest BCUT2D eigenvalue weighted by Crippen LogP contribution is -1.98. The minimum atomic E-state index is 0.633. The van der Waals surface area contributed by atoms with E-state index < -0.39 is 0 Å². The molecule has 4 heteroatoms. The van der Waals surface area contributed by atoms with Crippen LogP contribution in [0.2, 0.25) is 0 Å². The minimum absolute atomic E-state index is 0.633. The summed E-state index contributed by atoms with van der Waals surface area (Å²) in [6.07, 6.45) is 0. The van der Waals surface area contributed by atoms with Gasteiger partial charge in [-0.25, -0.2) is 0 Å². The number of fused-ring (bicyclic) bond motifs is 10. The first-order chi connectivity index (χ1) is 20.3. The van der Waals surface area contributed by atoms with E-state index in [1.54, 1.807) is 0 Å². The third-order valence-corrected chi connectivity index (χ3v) is 9.44. The molecular formula is C37H20N2OS. The van der Waals surface area contributed by atoms with Crippen LogP contribution in [0.15, 0.2) is 126 Å². The van der Waals surface area contributed by atoms with E-state index >= 15 is 0 Å². The van der Waals surface area contributed by atoms with E-state index in [0.717, 1.165) is 49.8 Å². The summed E-state index contributed by atoms with van der Waals surface area (Å²) in [5.74, 6) is 0. The Hall–Kier alpha value is -5.37. The highest BCUT2D eigenvalue weighted by Crippen LogP contribution is 2.44. The Morgan fingerprint density at radius 3 is 2.29 bits per heavy atom. The fourth-order valence-corrected chi connectivity index (χ4v) is 7.68. The van der Waals surface area contributed by atoms with Crippen molar-refractivity contribution in [1.29, 1.82) is 5.26 Å². The molecule has 0 radical (unpaired) electrons. The first-order valence-corrected chi connectivity index (χ1v) is 14.4. The number of nitriles is 1. The molecule has 0 aliphatic heterocycles. The second-order valence-corrected chi connectivity index (χ2v) is 11.5. The first kappa shape index (κ1) is 22.4. The summed E-state index contributed by atoms with van der Waals surface area (Å²) in [4.78, 5) is 0. The highest BCUT2D eigenvalue weighted by Gasteiger charge is 2.20. The summed E-state index contributed by atoms with van der Waals surface area (Å²) in [5, 5.41) is 17.1. The molecule has 9 aromatic rings. The first-order valence-electron chi connectivity index (χ1n) is 13.6. The number of nitrogens with zero attached hydrogens (tertiary/aromatic N) is 2. The largest absolute Gasteiger partial charge is 0.456 e. The van der Waals surface area contributed by atoms with Crippen molar-refractivity contribution in [3.8, 4) is 22.9 Å². The van der Waals surface area contributed by atoms with Gasteiger partial charge in [-0.1, -0.05) is 66.7 Å². The normalized spacial score (nSPS) is 11.9. The number of para-hydroxylation sites is 2. The van der Waals surface area contributed by atoms with Crippen LogP contribution in [-0.4, -0.2) is 4.57 Å². The van der Waals surface area contributed by atoms with Crippen LogP contribution in [0.1, 0.15) is 5.56 Å². The predicted octanol–water partition coefficient (Wildman–Crippen LogP) is 10.6. The molecule has 0 fully saturated rings. The molecule has 0 bridgehead atoms. The van der Waals surface area contributed by atoms with Crippen molar-refractivity contribution in [2.45, 2.75) is 0 Å². The molecule has 3 heterocycles. The van der Waals surface area contributed by atoms with Crippen LogP contribution in [0.3, 0.4) is 0 Å². The number of hydrogen-bond acceptors (Lipinski definition) is 3. The fourth-order valence-electron chi connectivity index (χ4n) is 6.42. The van der Waals surface area contributed by atoms with Crippen molar-refractivity contribution < 1.29 is 4.42 Å². The molecule has 0 amide bonds. The van der Waals surface area contributed by atoms with Gasteiger partial charge in [0.1, 0.15) is 11.2 Å². The summed E-state index contributed by atoms with van der Waals surface area (Å²) in [5.41, 5.74) is 7.77. The van der Waals surface area contributed by atoms with Crippen LogP contribution < -0.4 is 0 Å². The molecule has 190 valence electrons. The highest BCUT2D eigenvalue weighted by atomic mass is 32.1. The molecular weight excluding hydrogens is 520 g/mol. The quantitative estimate of drug-likeness (QED) is 0.219. The zero-order chi connectivity index (χ0) is 27.1. The van der Waals surface area contributed by atoms with Crippen molar-refractivity contribution in [3.63, 3.8) is 0 Å². The summed E-state index contributed by atoms with van der Waals surface area (Å²) in [7, 11) is 0. The van der Waals surface area contributed by atoms with E-state index in [1.807, 2.05) is 47.7 Å². The topological polar surface area (TPSA) is 41.9 Å². The van der Waals surface area contributed by atoms with Crippen LogP contribution in [-0.2, 0) is 0 Å². The lowest BCUT2D eigenvalue weighted by atomic mass is 9.99. The number of rotatable bonds is 2. The van der Waals surface area contributed by atoms with Crippen molar-refractivity contribution in [2.75, 3.05) is 0 Å². The average Bonchev–Trinajstić information content (AvgIpc) is 3.69. The van der Waals surface area contributed by atoms with Gasteiger partial charge in [-0.2, -0.15) is 5.26 Å². The zero-order valence-corrected chi connectivity index (χ0v) is 22.6. The van der Waals surface area contributed by atoms with Gasteiger partial charge >= 0.3 is 0 Å². The summed E-state index contributed by atoms with van der Waals surface area (Å²) in [6, 6.07) is 44.7. The molecule has 41 heavy (non-hydrogen) atoms. The Kier molecular flexibility index (Phi) is 4.55. The van der Waals surface area contributed by atoms with Crippen molar-refractivity contribution in [3.05, 3.63) is 127 Å². The average molecular weight is 541 g/mol. The van der Waals surface area contributed by atoms with E-state index in [1.165, 1.54) is 30.9 Å².